The van der Waals surface area contributed by atoms with Crippen LogP contribution in [0.3, 0.4) is 0 Å². The summed E-state index contributed by atoms with van der Waals surface area (Å²) >= 11 is 0. The fraction of sp³-hybridized carbons (Fsp3) is 0.167. The van der Waals surface area contributed by atoms with Gasteiger partial charge in [0.1, 0.15) is 5.75 Å². The summed E-state index contributed by atoms with van der Waals surface area (Å²) in [5.74, 6) is 0.799. The molecular formula is C6H9Cl2NO. The normalized spacial score (nSPS) is 6.90. The SMILES string of the molecule is COc1cccnc1.Cl.Cl. The summed E-state index contributed by atoms with van der Waals surface area (Å²) in [6, 6.07) is 3.69. The number of methoxy groups -OCH3 is 1. The Morgan fingerprint density at radius 3 is 2.40 bits per heavy atom. The highest BCUT2D eigenvalue weighted by Crippen LogP contribution is 2.02. The molecule has 0 saturated heterocycles. The molecule has 1 rings (SSSR count). The molecule has 0 aromatic carbocycles. The molecule has 58 valence electrons. The van der Waals surface area contributed by atoms with Crippen LogP contribution in [0.15, 0.2) is 24.5 Å². The molecule has 0 spiro atoms. The first-order chi connectivity index (χ1) is 3.93. The summed E-state index contributed by atoms with van der Waals surface area (Å²) in [7, 11) is 1.62. The lowest BCUT2D eigenvalue weighted by Gasteiger charge is -1.93. The van der Waals surface area contributed by atoms with Crippen LogP contribution in [0, 0.1) is 0 Å². The molecule has 0 atom stereocenters. The van der Waals surface area contributed by atoms with Crippen LogP contribution in [-0.2, 0) is 0 Å². The minimum absolute atomic E-state index is 0. The van der Waals surface area contributed by atoms with Crippen LogP contribution in [0.4, 0.5) is 0 Å². The van der Waals surface area contributed by atoms with Crippen molar-refractivity contribution in [2.45, 2.75) is 0 Å². The van der Waals surface area contributed by atoms with Crippen molar-refractivity contribution in [3.63, 3.8) is 0 Å². The van der Waals surface area contributed by atoms with Gasteiger partial charge in [0.05, 0.1) is 13.3 Å². The number of ether oxygens (including phenoxy) is 1. The molecule has 0 radical (unpaired) electrons. The van der Waals surface area contributed by atoms with E-state index in [1.54, 1.807) is 19.5 Å². The number of rotatable bonds is 1. The molecule has 0 bridgehead atoms. The molecule has 0 N–H and O–H groups in total. The Morgan fingerprint density at radius 1 is 1.40 bits per heavy atom. The highest BCUT2D eigenvalue weighted by Gasteiger charge is 1.81. The standard InChI is InChI=1S/C6H7NO.2ClH/c1-8-6-3-2-4-7-5-6;;/h2-5H,1H3;2*1H. The Morgan fingerprint density at radius 2 is 2.10 bits per heavy atom. The third-order valence-corrected chi connectivity index (χ3v) is 0.870. The Hall–Kier alpha value is -0.470. The zero-order valence-corrected chi connectivity index (χ0v) is 7.11. The maximum absolute atomic E-state index is 4.85. The smallest absolute Gasteiger partial charge is 0.137 e. The molecule has 1 aromatic rings. The highest BCUT2D eigenvalue weighted by molar-refractivity contribution is 5.85. The molecule has 1 heterocycles. The summed E-state index contributed by atoms with van der Waals surface area (Å²) in [4.78, 5) is 3.83. The summed E-state index contributed by atoms with van der Waals surface area (Å²) in [5, 5.41) is 0. The Labute approximate surface area is 72.4 Å². The van der Waals surface area contributed by atoms with Crippen LogP contribution in [0.5, 0.6) is 5.75 Å². The van der Waals surface area contributed by atoms with Gasteiger partial charge in [-0.25, -0.2) is 0 Å². The van der Waals surface area contributed by atoms with Crippen molar-refractivity contribution in [1.29, 1.82) is 0 Å². The zero-order valence-electron chi connectivity index (χ0n) is 5.48. The number of hydrogen-bond donors (Lipinski definition) is 0. The Bertz CT molecular complexity index is 157. The minimum atomic E-state index is 0. The fourth-order valence-corrected chi connectivity index (χ4v) is 0.468. The van der Waals surface area contributed by atoms with Crippen LogP contribution in [0.25, 0.3) is 0 Å². The van der Waals surface area contributed by atoms with Crippen molar-refractivity contribution in [3.05, 3.63) is 24.5 Å². The Kier molecular flexibility index (Phi) is 8.13. The zero-order chi connectivity index (χ0) is 5.82. The number of nitrogens with zero attached hydrogens (tertiary/aromatic N) is 1. The van der Waals surface area contributed by atoms with Crippen LogP contribution in [0.2, 0.25) is 0 Å². The average molecular weight is 182 g/mol. The molecule has 0 amide bonds. The Balaban J connectivity index is 0. The van der Waals surface area contributed by atoms with E-state index in [2.05, 4.69) is 4.98 Å². The summed E-state index contributed by atoms with van der Waals surface area (Å²) in [6.45, 7) is 0. The number of aromatic nitrogens is 1. The fourth-order valence-electron chi connectivity index (χ4n) is 0.468. The predicted octanol–water partition coefficient (Wildman–Crippen LogP) is 1.93. The molecular weight excluding hydrogens is 173 g/mol. The van der Waals surface area contributed by atoms with Crippen molar-refractivity contribution < 1.29 is 4.74 Å². The van der Waals surface area contributed by atoms with E-state index in [0.717, 1.165) is 5.75 Å². The third kappa shape index (κ3) is 3.54. The van der Waals surface area contributed by atoms with E-state index < -0.39 is 0 Å². The molecule has 1 aromatic heterocycles. The van der Waals surface area contributed by atoms with E-state index in [-0.39, 0.29) is 24.8 Å². The molecule has 0 aliphatic rings. The topological polar surface area (TPSA) is 22.1 Å². The first kappa shape index (κ1) is 12.2. The van der Waals surface area contributed by atoms with Gasteiger partial charge in [0.2, 0.25) is 0 Å². The van der Waals surface area contributed by atoms with Gasteiger partial charge in [0.25, 0.3) is 0 Å². The van der Waals surface area contributed by atoms with E-state index in [4.69, 9.17) is 4.74 Å². The van der Waals surface area contributed by atoms with E-state index in [1.807, 2.05) is 12.1 Å². The van der Waals surface area contributed by atoms with Gasteiger partial charge in [-0.3, -0.25) is 4.98 Å². The largest absolute Gasteiger partial charge is 0.495 e. The van der Waals surface area contributed by atoms with Gasteiger partial charge in [-0.2, -0.15) is 0 Å². The van der Waals surface area contributed by atoms with Crippen LogP contribution in [0.1, 0.15) is 0 Å². The van der Waals surface area contributed by atoms with Gasteiger partial charge in [-0.1, -0.05) is 0 Å². The van der Waals surface area contributed by atoms with E-state index >= 15 is 0 Å². The molecule has 0 unspecified atom stereocenters. The van der Waals surface area contributed by atoms with Crippen molar-refractivity contribution in [3.8, 4) is 5.75 Å². The summed E-state index contributed by atoms with van der Waals surface area (Å²) < 4.78 is 4.85. The average Bonchev–Trinajstić information content (AvgIpc) is 1.90. The highest BCUT2D eigenvalue weighted by atomic mass is 35.5. The van der Waals surface area contributed by atoms with Crippen molar-refractivity contribution in [2.24, 2.45) is 0 Å². The molecule has 2 nitrogen and oxygen atoms in total. The van der Waals surface area contributed by atoms with Gasteiger partial charge >= 0.3 is 0 Å². The van der Waals surface area contributed by atoms with Crippen molar-refractivity contribution in [1.82, 2.24) is 4.98 Å². The quantitative estimate of drug-likeness (QED) is 0.661. The first-order valence-electron chi connectivity index (χ1n) is 2.37. The lowest BCUT2D eigenvalue weighted by atomic mass is 10.5. The van der Waals surface area contributed by atoms with Gasteiger partial charge in [0.15, 0.2) is 0 Å². The van der Waals surface area contributed by atoms with E-state index in [9.17, 15) is 0 Å². The molecule has 0 fully saturated rings. The van der Waals surface area contributed by atoms with Gasteiger partial charge in [-0.05, 0) is 12.1 Å². The number of halogens is 2. The molecule has 0 aliphatic heterocycles. The molecule has 10 heavy (non-hydrogen) atoms. The molecule has 4 heteroatoms. The van der Waals surface area contributed by atoms with Crippen molar-refractivity contribution in [2.75, 3.05) is 7.11 Å². The second-order valence-corrected chi connectivity index (χ2v) is 1.39. The van der Waals surface area contributed by atoms with E-state index in [0.29, 0.717) is 0 Å². The molecule has 0 aliphatic carbocycles. The third-order valence-electron chi connectivity index (χ3n) is 0.870. The summed E-state index contributed by atoms with van der Waals surface area (Å²) in [6.07, 6.45) is 3.38. The van der Waals surface area contributed by atoms with Crippen LogP contribution >= 0.6 is 24.8 Å². The van der Waals surface area contributed by atoms with Crippen LogP contribution in [-0.4, -0.2) is 12.1 Å². The first-order valence-corrected chi connectivity index (χ1v) is 2.37. The maximum Gasteiger partial charge on any atom is 0.137 e. The lowest BCUT2D eigenvalue weighted by molar-refractivity contribution is 0.413. The second-order valence-electron chi connectivity index (χ2n) is 1.39. The maximum atomic E-state index is 4.85. The van der Waals surface area contributed by atoms with Gasteiger partial charge in [-0.15, -0.1) is 24.8 Å². The molecule has 0 saturated carbocycles. The minimum Gasteiger partial charge on any atom is -0.495 e. The lowest BCUT2D eigenvalue weighted by Crippen LogP contribution is -1.80. The predicted molar refractivity (Wildman–Crippen MR) is 45.3 cm³/mol. The number of hydrogen-bond acceptors (Lipinski definition) is 2. The second kappa shape index (κ2) is 6.65. The summed E-state index contributed by atoms with van der Waals surface area (Å²) in [5.41, 5.74) is 0. The number of pyridine rings is 1. The van der Waals surface area contributed by atoms with Crippen LogP contribution < -0.4 is 4.74 Å². The van der Waals surface area contributed by atoms with E-state index in [1.165, 1.54) is 0 Å². The van der Waals surface area contributed by atoms with Gasteiger partial charge in [0, 0.05) is 6.20 Å². The van der Waals surface area contributed by atoms with Crippen molar-refractivity contribution >= 4 is 24.8 Å². The van der Waals surface area contributed by atoms with Gasteiger partial charge < -0.3 is 4.74 Å². The monoisotopic (exact) mass is 181 g/mol.